The normalized spacial score (nSPS) is 11.5. The van der Waals surface area contributed by atoms with Crippen LogP contribution in [0.15, 0.2) is 107 Å². The highest BCUT2D eigenvalue weighted by molar-refractivity contribution is 5.82. The van der Waals surface area contributed by atoms with Gasteiger partial charge in [0.15, 0.2) is 0 Å². The van der Waals surface area contributed by atoms with Crippen molar-refractivity contribution in [1.29, 1.82) is 0 Å². The van der Waals surface area contributed by atoms with E-state index in [-0.39, 0.29) is 0 Å². The van der Waals surface area contributed by atoms with Crippen LogP contribution in [0, 0.1) is 0 Å². The van der Waals surface area contributed by atoms with Crippen LogP contribution in [0.1, 0.15) is 120 Å². The first-order valence-corrected chi connectivity index (χ1v) is 18.9. The van der Waals surface area contributed by atoms with Crippen molar-refractivity contribution in [3.05, 3.63) is 119 Å². The number of hydrogen-bond acceptors (Lipinski definition) is 4. The first kappa shape index (κ1) is 37.6. The van der Waals surface area contributed by atoms with Crippen molar-refractivity contribution in [3.63, 3.8) is 0 Å². The molecule has 0 saturated heterocycles. The number of aliphatic imine (C=N–C) groups is 2. The zero-order chi connectivity index (χ0) is 34.2. The van der Waals surface area contributed by atoms with Crippen molar-refractivity contribution in [2.45, 2.75) is 110 Å². The molecule has 260 valence electrons. The number of unbranched alkanes of at least 4 members (excludes halogenated alkanes) is 10. The van der Waals surface area contributed by atoms with E-state index in [4.69, 9.17) is 9.47 Å². The molecule has 0 saturated carbocycles. The van der Waals surface area contributed by atoms with Gasteiger partial charge in [0, 0.05) is 12.4 Å². The molecule has 0 heterocycles. The van der Waals surface area contributed by atoms with Gasteiger partial charge in [0.25, 0.3) is 0 Å². The number of aryl methyl sites for hydroxylation is 2. The lowest BCUT2D eigenvalue weighted by atomic mass is 10.1. The fraction of sp³-hybridized carbons (Fsp3) is 0.422. The summed E-state index contributed by atoms with van der Waals surface area (Å²) in [7, 11) is 0. The molecule has 49 heavy (non-hydrogen) atoms. The molecule has 0 atom stereocenters. The van der Waals surface area contributed by atoms with Crippen LogP contribution in [0.4, 0.5) is 11.4 Å². The second-order valence-electron chi connectivity index (χ2n) is 13.1. The van der Waals surface area contributed by atoms with E-state index in [1.807, 2.05) is 36.7 Å². The summed E-state index contributed by atoms with van der Waals surface area (Å²) in [6, 6.07) is 33.7. The summed E-state index contributed by atoms with van der Waals surface area (Å²) in [5.41, 5.74) is 6.93. The summed E-state index contributed by atoms with van der Waals surface area (Å²) in [6.07, 6.45) is 22.1. The van der Waals surface area contributed by atoms with Crippen LogP contribution < -0.4 is 9.47 Å². The van der Waals surface area contributed by atoms with Gasteiger partial charge < -0.3 is 9.47 Å². The number of nitrogens with zero attached hydrogens (tertiary/aromatic N) is 2. The van der Waals surface area contributed by atoms with Crippen LogP contribution in [-0.2, 0) is 12.8 Å². The Balaban J connectivity index is 0.985. The van der Waals surface area contributed by atoms with Crippen molar-refractivity contribution >= 4 is 23.8 Å². The quantitative estimate of drug-likeness (QED) is 0.0555. The Kier molecular flexibility index (Phi) is 17.8. The molecule has 0 unspecified atom stereocenters. The predicted octanol–water partition coefficient (Wildman–Crippen LogP) is 12.8. The molecule has 0 fully saturated rings. The van der Waals surface area contributed by atoms with Gasteiger partial charge >= 0.3 is 0 Å². The minimum absolute atomic E-state index is 0.767. The molecule has 0 N–H and O–H groups in total. The molecular formula is C45H58N2O2. The Labute approximate surface area is 296 Å². The van der Waals surface area contributed by atoms with E-state index in [1.165, 1.54) is 81.8 Å². The maximum Gasteiger partial charge on any atom is 0.119 e. The molecule has 0 aromatic heterocycles. The predicted molar refractivity (Wildman–Crippen MR) is 210 cm³/mol. The minimum atomic E-state index is 0.767. The summed E-state index contributed by atoms with van der Waals surface area (Å²) >= 11 is 0. The van der Waals surface area contributed by atoms with Gasteiger partial charge in [-0.1, -0.05) is 95.9 Å². The third-order valence-electron chi connectivity index (χ3n) is 8.82. The highest BCUT2D eigenvalue weighted by Crippen LogP contribution is 2.19. The van der Waals surface area contributed by atoms with E-state index in [2.05, 4.69) is 96.6 Å². The van der Waals surface area contributed by atoms with Crippen LogP contribution in [-0.4, -0.2) is 25.6 Å². The standard InChI is InChI=1S/C45H58N2O2/c1-3-5-12-16-38-18-26-42(27-19-38)46-36-40-22-30-44(31-23-40)48-34-14-10-8-7-9-11-15-35-49-45-32-24-41(25-33-45)37-47-43-28-20-39(21-29-43)17-13-6-4-2/h18-33,36-37H,3-17,34-35H2,1-2H3. The molecule has 4 nitrogen and oxygen atoms in total. The Hall–Kier alpha value is -4.18. The van der Waals surface area contributed by atoms with Gasteiger partial charge in [0.05, 0.1) is 24.6 Å². The van der Waals surface area contributed by atoms with Crippen LogP contribution in [0.5, 0.6) is 11.5 Å². The molecule has 4 heteroatoms. The molecule has 0 aliphatic rings. The zero-order valence-corrected chi connectivity index (χ0v) is 30.1. The monoisotopic (exact) mass is 658 g/mol. The lowest BCUT2D eigenvalue weighted by Gasteiger charge is -2.07. The molecule has 0 aliphatic carbocycles. The fourth-order valence-corrected chi connectivity index (χ4v) is 5.72. The van der Waals surface area contributed by atoms with Crippen molar-refractivity contribution in [3.8, 4) is 11.5 Å². The first-order valence-electron chi connectivity index (χ1n) is 18.9. The number of ether oxygens (including phenoxy) is 2. The molecule has 0 spiro atoms. The SMILES string of the molecule is CCCCCc1ccc(N=Cc2ccc(OCCCCCCCCCOc3ccc(C=Nc4ccc(CCCCC)cc4)cc3)cc2)cc1. The van der Waals surface area contributed by atoms with Crippen LogP contribution in [0.3, 0.4) is 0 Å². The molecular weight excluding hydrogens is 601 g/mol. The highest BCUT2D eigenvalue weighted by Gasteiger charge is 1.99. The van der Waals surface area contributed by atoms with E-state index < -0.39 is 0 Å². The number of benzene rings is 4. The highest BCUT2D eigenvalue weighted by atomic mass is 16.5. The van der Waals surface area contributed by atoms with Gasteiger partial charge in [-0.15, -0.1) is 0 Å². The van der Waals surface area contributed by atoms with Gasteiger partial charge in [-0.3, -0.25) is 9.98 Å². The summed E-state index contributed by atoms with van der Waals surface area (Å²) in [6.45, 7) is 6.02. The average Bonchev–Trinajstić information content (AvgIpc) is 3.14. The van der Waals surface area contributed by atoms with E-state index in [1.54, 1.807) is 0 Å². The Morgan fingerprint density at radius 3 is 1.14 bits per heavy atom. The minimum Gasteiger partial charge on any atom is -0.494 e. The average molecular weight is 659 g/mol. The fourth-order valence-electron chi connectivity index (χ4n) is 5.72. The van der Waals surface area contributed by atoms with Gasteiger partial charge in [-0.2, -0.15) is 0 Å². The molecule has 4 rings (SSSR count). The summed E-state index contributed by atoms with van der Waals surface area (Å²) in [5, 5.41) is 0. The van der Waals surface area contributed by atoms with Crippen LogP contribution in [0.25, 0.3) is 0 Å². The molecule has 4 aromatic carbocycles. The number of rotatable bonds is 24. The third-order valence-corrected chi connectivity index (χ3v) is 8.82. The third kappa shape index (κ3) is 15.7. The van der Waals surface area contributed by atoms with Crippen molar-refractivity contribution in [1.82, 2.24) is 0 Å². The number of hydrogen-bond donors (Lipinski definition) is 0. The molecule has 0 amide bonds. The Bertz CT molecular complexity index is 1360. The largest absolute Gasteiger partial charge is 0.494 e. The summed E-state index contributed by atoms with van der Waals surface area (Å²) in [5.74, 6) is 1.85. The van der Waals surface area contributed by atoms with Crippen molar-refractivity contribution < 1.29 is 9.47 Å². The van der Waals surface area contributed by atoms with Crippen LogP contribution >= 0.6 is 0 Å². The Morgan fingerprint density at radius 2 is 0.776 bits per heavy atom. The molecule has 4 aromatic rings. The van der Waals surface area contributed by atoms with E-state index in [9.17, 15) is 0 Å². The maximum absolute atomic E-state index is 5.97. The lowest BCUT2D eigenvalue weighted by molar-refractivity contribution is 0.299. The topological polar surface area (TPSA) is 43.2 Å². The van der Waals surface area contributed by atoms with Crippen molar-refractivity contribution in [2.24, 2.45) is 9.98 Å². The van der Waals surface area contributed by atoms with Crippen molar-refractivity contribution in [2.75, 3.05) is 13.2 Å². The second kappa shape index (κ2) is 23.2. The van der Waals surface area contributed by atoms with E-state index >= 15 is 0 Å². The lowest BCUT2D eigenvalue weighted by Crippen LogP contribution is -1.98. The Morgan fingerprint density at radius 1 is 0.408 bits per heavy atom. The molecule has 0 bridgehead atoms. The first-order chi connectivity index (χ1) is 24.2. The van der Waals surface area contributed by atoms with E-state index in [0.717, 1.165) is 72.9 Å². The summed E-state index contributed by atoms with van der Waals surface area (Å²) < 4.78 is 11.9. The second-order valence-corrected chi connectivity index (χ2v) is 13.1. The van der Waals surface area contributed by atoms with Crippen LogP contribution in [0.2, 0.25) is 0 Å². The van der Waals surface area contributed by atoms with Gasteiger partial charge in [0.1, 0.15) is 11.5 Å². The maximum atomic E-state index is 5.97. The van der Waals surface area contributed by atoms with E-state index in [0.29, 0.717) is 0 Å². The van der Waals surface area contributed by atoms with Gasteiger partial charge in [-0.25, -0.2) is 0 Å². The zero-order valence-electron chi connectivity index (χ0n) is 30.1. The van der Waals surface area contributed by atoms with Gasteiger partial charge in [-0.05, 0) is 134 Å². The van der Waals surface area contributed by atoms with Gasteiger partial charge in [0.2, 0.25) is 0 Å². The molecule has 0 radical (unpaired) electrons. The smallest absolute Gasteiger partial charge is 0.119 e. The summed E-state index contributed by atoms with van der Waals surface area (Å²) in [4.78, 5) is 9.27. The molecule has 0 aliphatic heterocycles.